The summed E-state index contributed by atoms with van der Waals surface area (Å²) in [6, 6.07) is 0.557. The van der Waals surface area contributed by atoms with E-state index in [9.17, 15) is 4.79 Å². The van der Waals surface area contributed by atoms with Crippen molar-refractivity contribution in [3.63, 3.8) is 0 Å². The molecule has 0 bridgehead atoms. The molecule has 1 saturated heterocycles. The van der Waals surface area contributed by atoms with Gasteiger partial charge in [0, 0.05) is 37.6 Å². The largest absolute Gasteiger partial charge is 0.337 e. The van der Waals surface area contributed by atoms with Crippen LogP contribution in [0.3, 0.4) is 0 Å². The molecule has 1 saturated carbocycles. The Morgan fingerprint density at radius 2 is 1.85 bits per heavy atom. The lowest BCUT2D eigenvalue weighted by Gasteiger charge is -2.49. The molecule has 0 aromatic carbocycles. The number of carbonyl (C=O) groups excluding carboxylic acids is 1. The maximum absolute atomic E-state index is 13.0. The summed E-state index contributed by atoms with van der Waals surface area (Å²) in [7, 11) is 2.13. The topological polar surface area (TPSA) is 49.6 Å². The molecule has 4 atom stereocenters. The number of hydrogen-bond acceptors (Lipinski definition) is 3. The molecule has 0 aromatic heterocycles. The molecule has 4 heteroatoms. The number of hydrogen-bond donors (Lipinski definition) is 1. The van der Waals surface area contributed by atoms with E-state index >= 15 is 0 Å². The molecule has 2 N–H and O–H groups in total. The van der Waals surface area contributed by atoms with Crippen molar-refractivity contribution in [3.05, 3.63) is 0 Å². The molecule has 2 fully saturated rings. The first-order valence-electron chi connectivity index (χ1n) is 7.99. The van der Waals surface area contributed by atoms with Gasteiger partial charge in [0.25, 0.3) is 0 Å². The second kappa shape index (κ2) is 5.64. The number of nitrogens with two attached hydrogens (primary N) is 1. The summed E-state index contributed by atoms with van der Waals surface area (Å²) >= 11 is 0. The van der Waals surface area contributed by atoms with Crippen LogP contribution in [-0.2, 0) is 4.79 Å². The molecule has 1 heterocycles. The zero-order valence-corrected chi connectivity index (χ0v) is 13.7. The maximum Gasteiger partial charge on any atom is 0.226 e. The monoisotopic (exact) mass is 281 g/mol. The van der Waals surface area contributed by atoms with Gasteiger partial charge in [0.15, 0.2) is 0 Å². The molecule has 0 aromatic rings. The lowest BCUT2D eigenvalue weighted by Crippen LogP contribution is -2.58. The second-order valence-electron chi connectivity index (χ2n) is 7.55. The fourth-order valence-electron chi connectivity index (χ4n) is 3.96. The molecule has 0 spiro atoms. The van der Waals surface area contributed by atoms with Crippen molar-refractivity contribution in [2.24, 2.45) is 23.0 Å². The predicted molar refractivity (Wildman–Crippen MR) is 82.3 cm³/mol. The van der Waals surface area contributed by atoms with Gasteiger partial charge in [-0.05, 0) is 38.1 Å². The van der Waals surface area contributed by atoms with Gasteiger partial charge in [-0.3, -0.25) is 4.79 Å². The summed E-state index contributed by atoms with van der Waals surface area (Å²) in [5, 5.41) is 0. The molecule has 2 aliphatic rings. The summed E-state index contributed by atoms with van der Waals surface area (Å²) < 4.78 is 0. The van der Waals surface area contributed by atoms with Crippen LogP contribution < -0.4 is 5.73 Å². The Kier molecular flexibility index (Phi) is 4.45. The highest BCUT2D eigenvalue weighted by molar-refractivity contribution is 5.80. The van der Waals surface area contributed by atoms with Crippen LogP contribution in [0.25, 0.3) is 0 Å². The Morgan fingerprint density at radius 1 is 1.20 bits per heavy atom. The number of nitrogens with zero attached hydrogens (tertiary/aromatic N) is 2. The summed E-state index contributed by atoms with van der Waals surface area (Å²) in [6.45, 7) is 11.6. The highest BCUT2D eigenvalue weighted by Gasteiger charge is 2.47. The normalized spacial score (nSPS) is 38.8. The van der Waals surface area contributed by atoms with Gasteiger partial charge < -0.3 is 15.5 Å². The van der Waals surface area contributed by atoms with Crippen molar-refractivity contribution < 1.29 is 4.79 Å². The highest BCUT2D eigenvalue weighted by atomic mass is 16.2. The zero-order valence-electron chi connectivity index (χ0n) is 13.7. The van der Waals surface area contributed by atoms with E-state index in [4.69, 9.17) is 5.73 Å². The van der Waals surface area contributed by atoms with Crippen LogP contribution in [0.4, 0.5) is 0 Å². The van der Waals surface area contributed by atoms with E-state index in [2.05, 4.69) is 44.5 Å². The Balaban J connectivity index is 2.12. The van der Waals surface area contributed by atoms with Gasteiger partial charge in [-0.2, -0.15) is 0 Å². The fraction of sp³-hybridized carbons (Fsp3) is 0.938. The van der Waals surface area contributed by atoms with Gasteiger partial charge in [-0.15, -0.1) is 0 Å². The maximum atomic E-state index is 13.0. The van der Waals surface area contributed by atoms with Gasteiger partial charge in [0.1, 0.15) is 0 Å². The minimum absolute atomic E-state index is 0.00216. The van der Waals surface area contributed by atoms with Crippen molar-refractivity contribution >= 4 is 5.91 Å². The second-order valence-corrected chi connectivity index (χ2v) is 7.55. The molecule has 1 aliphatic carbocycles. The Morgan fingerprint density at radius 3 is 2.45 bits per heavy atom. The molecule has 20 heavy (non-hydrogen) atoms. The summed E-state index contributed by atoms with van der Waals surface area (Å²) in [6.07, 6.45) is 1.92. The van der Waals surface area contributed by atoms with E-state index in [0.29, 0.717) is 17.9 Å². The molecule has 1 amide bonds. The van der Waals surface area contributed by atoms with Gasteiger partial charge in [0.05, 0.1) is 0 Å². The molecule has 116 valence electrons. The van der Waals surface area contributed by atoms with Crippen LogP contribution in [0.2, 0.25) is 0 Å². The van der Waals surface area contributed by atoms with E-state index in [0.717, 1.165) is 32.5 Å². The predicted octanol–water partition coefficient (Wildman–Crippen LogP) is 1.55. The molecule has 1 aliphatic heterocycles. The number of likely N-dealkylation sites (N-methyl/N-ethyl adjacent to an activating group) is 1. The molecule has 2 rings (SSSR count). The summed E-state index contributed by atoms with van der Waals surface area (Å²) in [5.41, 5.74) is 6.21. The third kappa shape index (κ3) is 2.73. The Labute approximate surface area is 123 Å². The van der Waals surface area contributed by atoms with E-state index in [-0.39, 0.29) is 17.4 Å². The van der Waals surface area contributed by atoms with Crippen LogP contribution >= 0.6 is 0 Å². The summed E-state index contributed by atoms with van der Waals surface area (Å²) in [5.74, 6) is 0.880. The van der Waals surface area contributed by atoms with E-state index in [1.165, 1.54) is 0 Å². The van der Waals surface area contributed by atoms with Gasteiger partial charge in [0.2, 0.25) is 5.91 Å². The first-order chi connectivity index (χ1) is 9.25. The lowest BCUT2D eigenvalue weighted by atomic mass is 9.60. The third-order valence-electron chi connectivity index (χ3n) is 5.91. The standard InChI is InChI=1S/C16H31N3O/c1-11-10-18(5)8-9-19(11)15(20)13-6-7-14(17)12(2)16(13,3)4/h11-14H,6-10,17H2,1-5H3. The van der Waals surface area contributed by atoms with Crippen molar-refractivity contribution in [3.8, 4) is 0 Å². The van der Waals surface area contributed by atoms with Crippen molar-refractivity contribution in [1.82, 2.24) is 9.80 Å². The van der Waals surface area contributed by atoms with Crippen LogP contribution in [0.1, 0.15) is 40.5 Å². The first-order valence-corrected chi connectivity index (χ1v) is 7.99. The minimum atomic E-state index is -0.00216. The number of carbonyl (C=O) groups is 1. The number of amides is 1. The molecule has 0 radical (unpaired) electrons. The molecule has 4 nitrogen and oxygen atoms in total. The van der Waals surface area contributed by atoms with Gasteiger partial charge in [-0.25, -0.2) is 0 Å². The van der Waals surface area contributed by atoms with Gasteiger partial charge in [-0.1, -0.05) is 20.8 Å². The van der Waals surface area contributed by atoms with Crippen molar-refractivity contribution in [2.45, 2.75) is 52.6 Å². The van der Waals surface area contributed by atoms with Crippen LogP contribution in [0, 0.1) is 17.3 Å². The number of rotatable bonds is 1. The van der Waals surface area contributed by atoms with Crippen LogP contribution in [0.5, 0.6) is 0 Å². The first kappa shape index (κ1) is 15.8. The smallest absolute Gasteiger partial charge is 0.226 e. The highest BCUT2D eigenvalue weighted by Crippen LogP contribution is 2.45. The van der Waals surface area contributed by atoms with E-state index in [1.807, 2.05) is 0 Å². The summed E-state index contributed by atoms with van der Waals surface area (Å²) in [4.78, 5) is 17.4. The van der Waals surface area contributed by atoms with E-state index in [1.54, 1.807) is 0 Å². The molecular formula is C16H31N3O. The lowest BCUT2D eigenvalue weighted by molar-refractivity contribution is -0.147. The van der Waals surface area contributed by atoms with Crippen LogP contribution in [-0.4, -0.2) is 54.5 Å². The molecule has 4 unspecified atom stereocenters. The quantitative estimate of drug-likeness (QED) is 0.793. The Bertz CT molecular complexity index is 369. The number of piperazine rings is 1. The zero-order chi connectivity index (χ0) is 15.1. The minimum Gasteiger partial charge on any atom is -0.337 e. The molecular weight excluding hydrogens is 250 g/mol. The van der Waals surface area contributed by atoms with Crippen LogP contribution in [0.15, 0.2) is 0 Å². The SMILES string of the molecule is CC1CN(C)CCN1C(=O)C1CCC(N)C(C)C1(C)C. The third-order valence-corrected chi connectivity index (χ3v) is 5.91. The average molecular weight is 281 g/mol. The van der Waals surface area contributed by atoms with Gasteiger partial charge >= 0.3 is 0 Å². The average Bonchev–Trinajstić information content (AvgIpc) is 2.35. The van der Waals surface area contributed by atoms with Crippen molar-refractivity contribution in [2.75, 3.05) is 26.7 Å². The van der Waals surface area contributed by atoms with E-state index < -0.39 is 0 Å². The Hall–Kier alpha value is -0.610. The van der Waals surface area contributed by atoms with Crippen molar-refractivity contribution in [1.29, 1.82) is 0 Å². The fourth-order valence-corrected chi connectivity index (χ4v) is 3.96.